The molecule has 3 N–H and O–H groups in total. The summed E-state index contributed by atoms with van der Waals surface area (Å²) in [4.78, 5) is 12.7. The van der Waals surface area contributed by atoms with Gasteiger partial charge in [-0.25, -0.2) is 8.78 Å². The van der Waals surface area contributed by atoms with Crippen molar-refractivity contribution in [3.05, 3.63) is 76.3 Å². The number of rotatable bonds is 0. The van der Waals surface area contributed by atoms with Crippen molar-refractivity contribution in [1.29, 1.82) is 0 Å². The number of carbonyl (C=O) groups is 1. The van der Waals surface area contributed by atoms with Gasteiger partial charge >= 0.3 is 0 Å². The summed E-state index contributed by atoms with van der Waals surface area (Å²) in [5.41, 5.74) is 1.81. The molecule has 0 saturated carbocycles. The fourth-order valence-corrected chi connectivity index (χ4v) is 3.92. The van der Waals surface area contributed by atoms with Crippen LogP contribution in [0.5, 0.6) is 5.75 Å². The van der Waals surface area contributed by atoms with Crippen molar-refractivity contribution in [1.82, 2.24) is 5.32 Å². The highest BCUT2D eigenvalue weighted by atomic mass is 35.5. The summed E-state index contributed by atoms with van der Waals surface area (Å²) >= 11 is 6.90. The highest BCUT2D eigenvalue weighted by Crippen LogP contribution is 2.38. The molecule has 4 nitrogen and oxygen atoms in total. The van der Waals surface area contributed by atoms with Crippen LogP contribution in [-0.4, -0.2) is 11.0 Å². The van der Waals surface area contributed by atoms with Gasteiger partial charge in [0.2, 0.25) is 0 Å². The molecular formula is C20H13ClF2N2O2S. The molecule has 0 unspecified atom stereocenters. The van der Waals surface area contributed by atoms with E-state index in [1.165, 1.54) is 18.2 Å². The van der Waals surface area contributed by atoms with E-state index in [-0.39, 0.29) is 44.9 Å². The first-order chi connectivity index (χ1) is 13.4. The van der Waals surface area contributed by atoms with Crippen molar-refractivity contribution in [3.8, 4) is 16.9 Å². The lowest BCUT2D eigenvalue weighted by atomic mass is 10.0. The Bertz CT molecular complexity index is 1110. The topological polar surface area (TPSA) is 61.4 Å². The number of phenols is 1. The van der Waals surface area contributed by atoms with Crippen LogP contribution in [0.15, 0.2) is 53.4 Å². The molecule has 3 aromatic rings. The smallest absolute Gasteiger partial charge is 0.251 e. The van der Waals surface area contributed by atoms with Gasteiger partial charge in [0.25, 0.3) is 5.91 Å². The highest BCUT2D eigenvalue weighted by Gasteiger charge is 2.17. The van der Waals surface area contributed by atoms with Crippen LogP contribution in [0.1, 0.15) is 15.9 Å². The van der Waals surface area contributed by atoms with Crippen LogP contribution in [0, 0.1) is 11.6 Å². The number of hydrogen-bond acceptors (Lipinski definition) is 4. The molecule has 0 radical (unpaired) electrons. The molecule has 6 bridgehead atoms. The summed E-state index contributed by atoms with van der Waals surface area (Å²) in [5.74, 6) is -2.11. The van der Waals surface area contributed by atoms with Crippen molar-refractivity contribution < 1.29 is 18.7 Å². The molecule has 0 spiro atoms. The zero-order chi connectivity index (χ0) is 19.8. The van der Waals surface area contributed by atoms with Crippen molar-refractivity contribution in [3.63, 3.8) is 0 Å². The molecule has 0 saturated heterocycles. The van der Waals surface area contributed by atoms with Gasteiger partial charge in [-0.05, 0) is 47.3 Å². The minimum atomic E-state index is -0.781. The van der Waals surface area contributed by atoms with Crippen LogP contribution in [0.4, 0.5) is 14.5 Å². The largest absolute Gasteiger partial charge is 0.505 e. The minimum Gasteiger partial charge on any atom is -0.505 e. The zero-order valence-corrected chi connectivity index (χ0v) is 15.8. The third-order valence-corrected chi connectivity index (χ3v) is 5.45. The van der Waals surface area contributed by atoms with Crippen molar-refractivity contribution in [2.75, 3.05) is 4.72 Å². The molecule has 1 aliphatic rings. The van der Waals surface area contributed by atoms with Crippen LogP contribution in [0.25, 0.3) is 11.1 Å². The number of hydrogen-bond donors (Lipinski definition) is 3. The van der Waals surface area contributed by atoms with Gasteiger partial charge in [0, 0.05) is 23.7 Å². The Morgan fingerprint density at radius 2 is 1.86 bits per heavy atom. The minimum absolute atomic E-state index is 0.00805. The quantitative estimate of drug-likeness (QED) is 0.430. The lowest BCUT2D eigenvalue weighted by Gasteiger charge is -2.15. The predicted molar refractivity (Wildman–Crippen MR) is 106 cm³/mol. The molecule has 142 valence electrons. The maximum absolute atomic E-state index is 14.4. The summed E-state index contributed by atoms with van der Waals surface area (Å²) < 4.78 is 31.4. The number of benzene rings is 3. The molecule has 1 heterocycles. The molecule has 0 aliphatic carbocycles. The molecule has 0 aromatic heterocycles. The van der Waals surface area contributed by atoms with Gasteiger partial charge in [0.05, 0.1) is 15.6 Å². The van der Waals surface area contributed by atoms with Gasteiger partial charge in [0.1, 0.15) is 17.4 Å². The molecule has 0 fully saturated rings. The fourth-order valence-electron chi connectivity index (χ4n) is 2.87. The van der Waals surface area contributed by atoms with E-state index >= 15 is 0 Å². The lowest BCUT2D eigenvalue weighted by Crippen LogP contribution is -2.22. The monoisotopic (exact) mass is 418 g/mol. The average Bonchev–Trinajstić information content (AvgIpc) is 2.67. The Morgan fingerprint density at radius 3 is 2.68 bits per heavy atom. The van der Waals surface area contributed by atoms with E-state index in [9.17, 15) is 18.7 Å². The van der Waals surface area contributed by atoms with Crippen molar-refractivity contribution >= 4 is 35.1 Å². The lowest BCUT2D eigenvalue weighted by molar-refractivity contribution is 0.0950. The molecule has 1 amide bonds. The molecule has 4 rings (SSSR count). The van der Waals surface area contributed by atoms with Crippen molar-refractivity contribution in [2.24, 2.45) is 0 Å². The van der Waals surface area contributed by atoms with Crippen LogP contribution in [-0.2, 0) is 6.54 Å². The SMILES string of the molecule is O=C1NCc2cccc(c2)-c2cc(c(F)cc2F)NSc2cc1cc(Cl)c2O. The molecule has 0 atom stereocenters. The van der Waals surface area contributed by atoms with Crippen LogP contribution in [0.2, 0.25) is 5.02 Å². The number of carbonyl (C=O) groups excluding carboxylic acids is 1. The standard InChI is InChI=1S/C20H13ClF2N2O2S/c21-14-5-12-6-18(19(14)26)28-25-17-7-13(15(22)8-16(17)23)11-3-1-2-10(4-11)9-24-20(12)27/h1-8,25-26H,9H2,(H,24,27). The van der Waals surface area contributed by atoms with Gasteiger partial charge in [-0.15, -0.1) is 0 Å². The second kappa shape index (κ2) is 7.33. The predicted octanol–water partition coefficient (Wildman–Crippen LogP) is 5.35. The normalized spacial score (nSPS) is 13.3. The first-order valence-electron chi connectivity index (χ1n) is 8.24. The molecule has 3 aromatic carbocycles. The zero-order valence-electron chi connectivity index (χ0n) is 14.2. The van der Waals surface area contributed by atoms with Gasteiger partial charge in [-0.1, -0.05) is 29.8 Å². The number of amides is 1. The second-order valence-electron chi connectivity index (χ2n) is 6.20. The first-order valence-corrected chi connectivity index (χ1v) is 9.44. The van der Waals surface area contributed by atoms with Gasteiger partial charge in [0.15, 0.2) is 0 Å². The Hall–Kier alpha value is -2.77. The summed E-state index contributed by atoms with van der Waals surface area (Å²) in [6, 6.07) is 11.9. The summed E-state index contributed by atoms with van der Waals surface area (Å²) in [6.07, 6.45) is 0. The van der Waals surface area contributed by atoms with Gasteiger partial charge < -0.3 is 15.1 Å². The van der Waals surface area contributed by atoms with Crippen LogP contribution < -0.4 is 10.0 Å². The third kappa shape index (κ3) is 3.50. The molecule has 28 heavy (non-hydrogen) atoms. The highest BCUT2D eigenvalue weighted by molar-refractivity contribution is 8.00. The number of anilines is 1. The van der Waals surface area contributed by atoms with E-state index in [1.54, 1.807) is 24.3 Å². The molecule has 8 heteroatoms. The number of fused-ring (bicyclic) bond motifs is 7. The van der Waals surface area contributed by atoms with Crippen molar-refractivity contribution in [2.45, 2.75) is 11.4 Å². The Labute approximate surface area is 168 Å². The van der Waals surface area contributed by atoms with E-state index in [2.05, 4.69) is 10.0 Å². The maximum Gasteiger partial charge on any atom is 0.251 e. The Morgan fingerprint density at radius 1 is 1.04 bits per heavy atom. The van der Waals surface area contributed by atoms with E-state index in [0.717, 1.165) is 23.6 Å². The second-order valence-corrected chi connectivity index (χ2v) is 7.46. The Balaban J connectivity index is 1.87. The maximum atomic E-state index is 14.4. The summed E-state index contributed by atoms with van der Waals surface area (Å²) in [6.45, 7) is 0.210. The van der Waals surface area contributed by atoms with E-state index < -0.39 is 11.6 Å². The summed E-state index contributed by atoms with van der Waals surface area (Å²) in [7, 11) is 0. The number of aromatic hydroxyl groups is 1. The third-order valence-electron chi connectivity index (χ3n) is 4.31. The average molecular weight is 419 g/mol. The van der Waals surface area contributed by atoms with E-state index in [0.29, 0.717) is 5.56 Å². The molecular weight excluding hydrogens is 406 g/mol. The van der Waals surface area contributed by atoms with E-state index in [1.807, 2.05) is 0 Å². The molecule has 1 aliphatic heterocycles. The number of nitrogens with one attached hydrogen (secondary N) is 2. The van der Waals surface area contributed by atoms with E-state index in [4.69, 9.17) is 11.6 Å². The van der Waals surface area contributed by atoms with Crippen LogP contribution in [0.3, 0.4) is 0 Å². The van der Waals surface area contributed by atoms with Gasteiger partial charge in [-0.2, -0.15) is 0 Å². The number of phenolic OH excluding ortho intramolecular Hbond substituents is 1. The summed E-state index contributed by atoms with van der Waals surface area (Å²) in [5, 5.41) is 12.9. The van der Waals surface area contributed by atoms with Gasteiger partial charge in [-0.3, -0.25) is 4.79 Å². The fraction of sp³-hybridized carbons (Fsp3) is 0.0500. The first kappa shape index (κ1) is 18.6. The van der Waals surface area contributed by atoms with Crippen LogP contribution >= 0.6 is 23.5 Å². The number of halogens is 3. The Kier molecular flexibility index (Phi) is 4.87.